The van der Waals surface area contributed by atoms with Crippen LogP contribution in [0.1, 0.15) is 42.0 Å². The molecule has 0 aromatic heterocycles. The van der Waals surface area contributed by atoms with Gasteiger partial charge in [-0.1, -0.05) is 38.1 Å². The molecule has 1 aromatic rings. The average Bonchev–Trinajstić information content (AvgIpc) is 2.64. The summed E-state index contributed by atoms with van der Waals surface area (Å²) >= 11 is 0. The summed E-state index contributed by atoms with van der Waals surface area (Å²) in [6.45, 7) is 6.39. The molecule has 2 atom stereocenters. The Hall–Kier alpha value is -2.06. The van der Waals surface area contributed by atoms with Crippen LogP contribution in [0.25, 0.3) is 0 Å². The van der Waals surface area contributed by atoms with Crippen molar-refractivity contribution in [1.82, 2.24) is 0 Å². The van der Waals surface area contributed by atoms with Crippen LogP contribution in [-0.2, 0) is 11.8 Å². The van der Waals surface area contributed by atoms with Crippen LogP contribution in [0.4, 0.5) is 0 Å². The molecule has 0 heterocycles. The number of aryl methyl sites for hydroxylation is 1. The Morgan fingerprint density at radius 2 is 2.00 bits per heavy atom. The van der Waals surface area contributed by atoms with Crippen molar-refractivity contribution < 1.29 is 0 Å². The van der Waals surface area contributed by atoms with Crippen LogP contribution in [0.3, 0.4) is 0 Å². The first kappa shape index (κ1) is 12.0. The van der Waals surface area contributed by atoms with E-state index < -0.39 is 5.41 Å². The highest BCUT2D eigenvalue weighted by atomic mass is 14.6. The van der Waals surface area contributed by atoms with E-state index in [-0.39, 0.29) is 11.3 Å². The number of hydrogen-bond donors (Lipinski definition) is 0. The van der Waals surface area contributed by atoms with Crippen LogP contribution in [0, 0.1) is 35.0 Å². The first-order chi connectivity index (χ1) is 8.97. The lowest BCUT2D eigenvalue weighted by Crippen LogP contribution is -2.37. The summed E-state index contributed by atoms with van der Waals surface area (Å²) in [5.74, 6) is -0.218. The van der Waals surface area contributed by atoms with E-state index in [0.717, 1.165) is 17.5 Å². The molecular formula is C17H16N2. The van der Waals surface area contributed by atoms with Gasteiger partial charge in [-0.05, 0) is 41.0 Å². The van der Waals surface area contributed by atoms with Crippen LogP contribution in [-0.4, -0.2) is 0 Å². The van der Waals surface area contributed by atoms with E-state index >= 15 is 0 Å². The number of hydrogen-bond acceptors (Lipinski definition) is 2. The van der Waals surface area contributed by atoms with Crippen molar-refractivity contribution in [2.45, 2.75) is 38.5 Å². The molecule has 0 aliphatic heterocycles. The lowest BCUT2D eigenvalue weighted by atomic mass is 9.63. The maximum atomic E-state index is 9.82. The van der Waals surface area contributed by atoms with Gasteiger partial charge in [-0.3, -0.25) is 0 Å². The molecule has 2 aliphatic rings. The van der Waals surface area contributed by atoms with E-state index in [2.05, 4.69) is 39.0 Å². The largest absolute Gasteiger partial charge is 0.197 e. The number of rotatable bonds is 0. The van der Waals surface area contributed by atoms with Gasteiger partial charge in [0, 0.05) is 0 Å². The lowest BCUT2D eigenvalue weighted by Gasteiger charge is -2.37. The Bertz CT molecular complexity index is 682. The minimum atomic E-state index is -0.572. The average molecular weight is 248 g/mol. The highest BCUT2D eigenvalue weighted by Gasteiger charge is 2.54. The van der Waals surface area contributed by atoms with Crippen LogP contribution >= 0.6 is 0 Å². The summed E-state index contributed by atoms with van der Waals surface area (Å²) in [5, 5.41) is 19.1. The highest BCUT2D eigenvalue weighted by Crippen LogP contribution is 2.57. The second-order valence-electron chi connectivity index (χ2n) is 6.27. The smallest absolute Gasteiger partial charge is 0.106 e. The van der Waals surface area contributed by atoms with Crippen molar-refractivity contribution in [3.63, 3.8) is 0 Å². The molecule has 1 aromatic carbocycles. The Labute approximate surface area is 114 Å². The molecule has 94 valence electrons. The van der Waals surface area contributed by atoms with Gasteiger partial charge in [-0.25, -0.2) is 0 Å². The van der Waals surface area contributed by atoms with E-state index in [9.17, 15) is 10.5 Å². The molecule has 0 saturated heterocycles. The van der Waals surface area contributed by atoms with Gasteiger partial charge in [0.1, 0.15) is 5.41 Å². The SMILES string of the molecule is Cc1ccc2c3c1CC(C)(C)[C@@]3(C#N)C=C[C@H]2C#N. The van der Waals surface area contributed by atoms with Gasteiger partial charge in [0.15, 0.2) is 0 Å². The molecule has 0 saturated carbocycles. The summed E-state index contributed by atoms with van der Waals surface area (Å²) in [6.07, 6.45) is 4.77. The summed E-state index contributed by atoms with van der Waals surface area (Å²) in [5.41, 5.74) is 3.94. The third-order valence-electron chi connectivity index (χ3n) is 4.85. The zero-order chi connectivity index (χ0) is 13.8. The first-order valence-electron chi connectivity index (χ1n) is 6.60. The Morgan fingerprint density at radius 3 is 2.63 bits per heavy atom. The molecule has 0 amide bonds. The third kappa shape index (κ3) is 1.24. The minimum absolute atomic E-state index is 0.123. The predicted molar refractivity (Wildman–Crippen MR) is 73.4 cm³/mol. The minimum Gasteiger partial charge on any atom is -0.197 e. The second kappa shape index (κ2) is 3.49. The van der Waals surface area contributed by atoms with Crippen molar-refractivity contribution in [1.29, 1.82) is 10.5 Å². The number of nitrogens with zero attached hydrogens (tertiary/aromatic N) is 2. The van der Waals surface area contributed by atoms with Crippen molar-refractivity contribution in [2.24, 2.45) is 5.41 Å². The molecule has 2 aliphatic carbocycles. The Morgan fingerprint density at radius 1 is 1.26 bits per heavy atom. The monoisotopic (exact) mass is 248 g/mol. The molecular weight excluding hydrogens is 232 g/mol. The van der Waals surface area contributed by atoms with Crippen LogP contribution in [0.2, 0.25) is 0 Å². The molecule has 0 bridgehead atoms. The molecule has 2 heteroatoms. The van der Waals surface area contributed by atoms with Crippen molar-refractivity contribution in [3.05, 3.63) is 46.5 Å². The Kier molecular flexibility index (Phi) is 2.20. The fourth-order valence-corrected chi connectivity index (χ4v) is 3.65. The first-order valence-corrected chi connectivity index (χ1v) is 6.60. The van der Waals surface area contributed by atoms with E-state index in [4.69, 9.17) is 0 Å². The number of nitriles is 2. The molecule has 0 fully saturated rings. The summed E-state index contributed by atoms with van der Waals surface area (Å²) in [6, 6.07) is 8.98. The van der Waals surface area contributed by atoms with E-state index in [1.165, 1.54) is 11.1 Å². The molecule has 3 rings (SSSR count). The fraction of sp³-hybridized carbons (Fsp3) is 0.412. The van der Waals surface area contributed by atoms with Crippen LogP contribution in [0.15, 0.2) is 24.3 Å². The van der Waals surface area contributed by atoms with Crippen molar-refractivity contribution in [2.75, 3.05) is 0 Å². The van der Waals surface area contributed by atoms with Gasteiger partial charge < -0.3 is 0 Å². The van der Waals surface area contributed by atoms with E-state index in [1.807, 2.05) is 18.2 Å². The summed E-state index contributed by atoms with van der Waals surface area (Å²) in [7, 11) is 0. The molecule has 0 unspecified atom stereocenters. The van der Waals surface area contributed by atoms with Crippen LogP contribution in [0.5, 0.6) is 0 Å². The van der Waals surface area contributed by atoms with Gasteiger partial charge in [0.05, 0.1) is 18.1 Å². The van der Waals surface area contributed by atoms with Gasteiger partial charge in [-0.15, -0.1) is 0 Å². The van der Waals surface area contributed by atoms with E-state index in [0.29, 0.717) is 0 Å². The standard InChI is InChI=1S/C17H16N2/c1-11-4-5-13-12(9-18)6-7-17(10-19)15(13)14(11)8-16(17,2)3/h4-7,12H,8H2,1-3H3/t12-,17+/m0/s1. The lowest BCUT2D eigenvalue weighted by molar-refractivity contribution is 0.289. The highest BCUT2D eigenvalue weighted by molar-refractivity contribution is 5.62. The number of allylic oxidation sites excluding steroid dienone is 2. The van der Waals surface area contributed by atoms with E-state index in [1.54, 1.807) is 0 Å². The van der Waals surface area contributed by atoms with Gasteiger partial charge in [-0.2, -0.15) is 10.5 Å². The third-order valence-corrected chi connectivity index (χ3v) is 4.85. The second-order valence-corrected chi connectivity index (χ2v) is 6.27. The van der Waals surface area contributed by atoms with Crippen molar-refractivity contribution in [3.8, 4) is 12.1 Å². The normalized spacial score (nSPS) is 29.4. The predicted octanol–water partition coefficient (Wildman–Crippen LogP) is 3.52. The molecule has 0 spiro atoms. The Balaban J connectivity index is 2.43. The zero-order valence-corrected chi connectivity index (χ0v) is 11.5. The maximum absolute atomic E-state index is 9.82. The van der Waals surface area contributed by atoms with Crippen molar-refractivity contribution >= 4 is 0 Å². The zero-order valence-electron chi connectivity index (χ0n) is 11.5. The van der Waals surface area contributed by atoms with Crippen LogP contribution < -0.4 is 0 Å². The molecule has 0 N–H and O–H groups in total. The van der Waals surface area contributed by atoms with Gasteiger partial charge in [0.2, 0.25) is 0 Å². The molecule has 2 nitrogen and oxygen atoms in total. The number of benzene rings is 1. The topological polar surface area (TPSA) is 47.6 Å². The van der Waals surface area contributed by atoms with Gasteiger partial charge in [0.25, 0.3) is 0 Å². The quantitative estimate of drug-likeness (QED) is 0.659. The summed E-state index contributed by atoms with van der Waals surface area (Å²) < 4.78 is 0. The fourth-order valence-electron chi connectivity index (χ4n) is 3.65. The molecule has 19 heavy (non-hydrogen) atoms. The summed E-state index contributed by atoms with van der Waals surface area (Å²) in [4.78, 5) is 0. The van der Waals surface area contributed by atoms with Gasteiger partial charge >= 0.3 is 0 Å². The molecule has 0 radical (unpaired) electrons. The maximum Gasteiger partial charge on any atom is 0.106 e.